The van der Waals surface area contributed by atoms with Crippen LogP contribution in [0.4, 0.5) is 0 Å². The van der Waals surface area contributed by atoms with Gasteiger partial charge in [-0.05, 0) is 63.4 Å². The molecule has 1 aromatic rings. The number of nitrogens with zero attached hydrogens (tertiary/aromatic N) is 2. The smallest absolute Gasteiger partial charge is 0.222 e. The number of ether oxygens (including phenoxy) is 2. The number of likely N-dealkylation sites (N-methyl/N-ethyl adjacent to an activating group) is 1. The van der Waals surface area contributed by atoms with Gasteiger partial charge >= 0.3 is 0 Å². The first kappa shape index (κ1) is 20.9. The van der Waals surface area contributed by atoms with E-state index >= 15 is 0 Å². The minimum atomic E-state index is -0.235. The van der Waals surface area contributed by atoms with Gasteiger partial charge in [0.15, 0.2) is 11.5 Å². The van der Waals surface area contributed by atoms with Crippen LogP contribution in [0.25, 0.3) is 0 Å². The summed E-state index contributed by atoms with van der Waals surface area (Å²) in [5.74, 6) is 1.90. The van der Waals surface area contributed by atoms with Crippen molar-refractivity contribution in [3.8, 4) is 11.5 Å². The number of likely N-dealkylation sites (tertiary alicyclic amines) is 1. The van der Waals surface area contributed by atoms with E-state index in [9.17, 15) is 9.90 Å². The van der Waals surface area contributed by atoms with Crippen molar-refractivity contribution >= 4 is 5.91 Å². The largest absolute Gasteiger partial charge is 0.486 e. The van der Waals surface area contributed by atoms with Crippen molar-refractivity contribution in [1.29, 1.82) is 0 Å². The number of benzene rings is 1. The van der Waals surface area contributed by atoms with Crippen LogP contribution in [0.15, 0.2) is 18.2 Å². The van der Waals surface area contributed by atoms with Crippen molar-refractivity contribution < 1.29 is 19.4 Å². The molecule has 6 nitrogen and oxygen atoms in total. The molecule has 0 aromatic heterocycles. The SMILES string of the molecule is CCN(CCCC(=O)N1CCC(O)CC1)C(C)Cc1ccc2c(c1)OCCO2. The maximum atomic E-state index is 12.4. The van der Waals surface area contributed by atoms with Gasteiger partial charge in [0.25, 0.3) is 0 Å². The lowest BCUT2D eigenvalue weighted by Crippen LogP contribution is -2.40. The molecule has 2 heterocycles. The Hall–Kier alpha value is -1.79. The Kier molecular flexibility index (Phi) is 7.57. The minimum Gasteiger partial charge on any atom is -0.486 e. The van der Waals surface area contributed by atoms with Crippen molar-refractivity contribution in [3.63, 3.8) is 0 Å². The third-order valence-electron chi connectivity index (χ3n) is 5.82. The van der Waals surface area contributed by atoms with Crippen LogP contribution < -0.4 is 9.47 Å². The number of hydrogen-bond donors (Lipinski definition) is 1. The van der Waals surface area contributed by atoms with Crippen LogP contribution in [0.2, 0.25) is 0 Å². The highest BCUT2D eigenvalue weighted by Gasteiger charge is 2.21. The Labute approximate surface area is 168 Å². The molecule has 2 aliphatic heterocycles. The van der Waals surface area contributed by atoms with Crippen LogP contribution in [0.3, 0.4) is 0 Å². The molecule has 0 spiro atoms. The number of aliphatic hydroxyl groups excluding tert-OH is 1. The number of fused-ring (bicyclic) bond motifs is 1. The fraction of sp³-hybridized carbons (Fsp3) is 0.682. The van der Waals surface area contributed by atoms with Gasteiger partial charge in [0.1, 0.15) is 13.2 Å². The summed E-state index contributed by atoms with van der Waals surface area (Å²) < 4.78 is 11.3. The molecule has 1 aromatic carbocycles. The van der Waals surface area contributed by atoms with Crippen LogP contribution in [-0.4, -0.2) is 72.4 Å². The predicted molar refractivity (Wildman–Crippen MR) is 109 cm³/mol. The first-order valence-corrected chi connectivity index (χ1v) is 10.6. The lowest BCUT2D eigenvalue weighted by Gasteiger charge is -2.31. The van der Waals surface area contributed by atoms with Crippen molar-refractivity contribution in [2.24, 2.45) is 0 Å². The molecule has 0 saturated carbocycles. The quantitative estimate of drug-likeness (QED) is 0.739. The van der Waals surface area contributed by atoms with E-state index in [4.69, 9.17) is 9.47 Å². The van der Waals surface area contributed by atoms with Crippen LogP contribution in [0.5, 0.6) is 11.5 Å². The number of carbonyl (C=O) groups is 1. The summed E-state index contributed by atoms with van der Waals surface area (Å²) in [4.78, 5) is 16.7. The number of piperidine rings is 1. The highest BCUT2D eigenvalue weighted by molar-refractivity contribution is 5.76. The number of carbonyl (C=O) groups excluding carboxylic acids is 1. The molecule has 2 aliphatic rings. The predicted octanol–water partition coefficient (Wildman–Crippen LogP) is 2.47. The maximum absolute atomic E-state index is 12.4. The fourth-order valence-electron chi connectivity index (χ4n) is 4.08. The summed E-state index contributed by atoms with van der Waals surface area (Å²) in [6.45, 7) is 8.92. The molecule has 0 radical (unpaired) electrons. The van der Waals surface area contributed by atoms with Gasteiger partial charge in [-0.15, -0.1) is 0 Å². The third-order valence-corrected chi connectivity index (χ3v) is 5.82. The molecule has 1 atom stereocenters. The van der Waals surface area contributed by atoms with Gasteiger partial charge in [0.2, 0.25) is 5.91 Å². The highest BCUT2D eigenvalue weighted by atomic mass is 16.6. The van der Waals surface area contributed by atoms with Gasteiger partial charge in [-0.3, -0.25) is 4.79 Å². The Morgan fingerprint density at radius 1 is 1.25 bits per heavy atom. The first-order valence-electron chi connectivity index (χ1n) is 10.6. The van der Waals surface area contributed by atoms with Gasteiger partial charge in [-0.2, -0.15) is 0 Å². The van der Waals surface area contributed by atoms with E-state index in [1.54, 1.807) is 0 Å². The van der Waals surface area contributed by atoms with E-state index in [2.05, 4.69) is 30.9 Å². The summed E-state index contributed by atoms with van der Waals surface area (Å²) in [5.41, 5.74) is 1.25. The fourth-order valence-corrected chi connectivity index (χ4v) is 4.08. The van der Waals surface area contributed by atoms with Gasteiger partial charge in [-0.25, -0.2) is 0 Å². The molecule has 156 valence electrons. The molecule has 1 saturated heterocycles. The van der Waals surface area contributed by atoms with Gasteiger partial charge in [0.05, 0.1) is 6.10 Å². The third kappa shape index (κ3) is 5.61. The zero-order valence-electron chi connectivity index (χ0n) is 17.2. The van der Waals surface area contributed by atoms with Crippen molar-refractivity contribution in [1.82, 2.24) is 9.80 Å². The van der Waals surface area contributed by atoms with Gasteiger partial charge < -0.3 is 24.4 Å². The number of rotatable bonds is 8. The molecule has 28 heavy (non-hydrogen) atoms. The summed E-state index contributed by atoms with van der Waals surface area (Å²) in [6.07, 6.45) is 3.59. The van der Waals surface area contributed by atoms with Gasteiger partial charge in [0, 0.05) is 25.6 Å². The summed E-state index contributed by atoms with van der Waals surface area (Å²) in [7, 11) is 0. The molecule has 6 heteroatoms. The zero-order valence-corrected chi connectivity index (χ0v) is 17.2. The van der Waals surface area contributed by atoms with Crippen molar-refractivity contribution in [2.45, 2.75) is 58.1 Å². The molecule has 1 amide bonds. The molecule has 3 rings (SSSR count). The molecular formula is C22H34N2O4. The first-order chi connectivity index (χ1) is 13.6. The van der Waals surface area contributed by atoms with Crippen LogP contribution in [0.1, 0.15) is 45.1 Å². The van der Waals surface area contributed by atoms with Crippen LogP contribution in [-0.2, 0) is 11.2 Å². The molecular weight excluding hydrogens is 356 g/mol. The van der Waals surface area contributed by atoms with Crippen molar-refractivity contribution in [2.75, 3.05) is 39.4 Å². The summed E-state index contributed by atoms with van der Waals surface area (Å²) in [6, 6.07) is 6.60. The van der Waals surface area contributed by atoms with E-state index in [1.807, 2.05) is 11.0 Å². The van der Waals surface area contributed by atoms with E-state index < -0.39 is 0 Å². The van der Waals surface area contributed by atoms with E-state index in [-0.39, 0.29) is 12.0 Å². The maximum Gasteiger partial charge on any atom is 0.222 e. The lowest BCUT2D eigenvalue weighted by molar-refractivity contribution is -0.133. The van der Waals surface area contributed by atoms with E-state index in [1.165, 1.54) is 5.56 Å². The molecule has 1 fully saturated rings. The standard InChI is InChI=1S/C22H34N2O4/c1-3-23(10-4-5-22(26)24-11-8-19(25)9-12-24)17(2)15-18-6-7-20-21(16-18)28-14-13-27-20/h6-7,16-17,19,25H,3-5,8-15H2,1-2H3. The Morgan fingerprint density at radius 3 is 2.68 bits per heavy atom. The molecule has 1 unspecified atom stereocenters. The van der Waals surface area contributed by atoms with Crippen LogP contribution >= 0.6 is 0 Å². The molecule has 0 aliphatic carbocycles. The monoisotopic (exact) mass is 390 g/mol. The molecule has 0 bridgehead atoms. The Morgan fingerprint density at radius 2 is 1.96 bits per heavy atom. The normalized spacial score (nSPS) is 18.4. The van der Waals surface area contributed by atoms with Crippen molar-refractivity contribution in [3.05, 3.63) is 23.8 Å². The topological polar surface area (TPSA) is 62.2 Å². The number of aliphatic hydroxyl groups is 1. The minimum absolute atomic E-state index is 0.224. The second-order valence-electron chi connectivity index (χ2n) is 7.88. The van der Waals surface area contributed by atoms with E-state index in [0.29, 0.717) is 51.6 Å². The number of hydrogen-bond acceptors (Lipinski definition) is 5. The highest BCUT2D eigenvalue weighted by Crippen LogP contribution is 2.31. The van der Waals surface area contributed by atoms with Crippen LogP contribution in [0, 0.1) is 0 Å². The second kappa shape index (κ2) is 10.1. The Bertz CT molecular complexity index is 643. The van der Waals surface area contributed by atoms with Gasteiger partial charge in [-0.1, -0.05) is 13.0 Å². The molecule has 1 N–H and O–H groups in total. The summed E-state index contributed by atoms with van der Waals surface area (Å²) in [5, 5.41) is 9.58. The average molecular weight is 391 g/mol. The lowest BCUT2D eigenvalue weighted by atomic mass is 10.0. The second-order valence-corrected chi connectivity index (χ2v) is 7.88. The average Bonchev–Trinajstić information content (AvgIpc) is 2.71. The Balaban J connectivity index is 1.44. The van der Waals surface area contributed by atoms with E-state index in [0.717, 1.165) is 37.4 Å². The number of amides is 1. The zero-order chi connectivity index (χ0) is 19.9. The summed E-state index contributed by atoms with van der Waals surface area (Å²) >= 11 is 0.